The molecule has 1 fully saturated rings. The van der Waals surface area contributed by atoms with Crippen LogP contribution in [-0.4, -0.2) is 25.8 Å². The molecule has 0 aliphatic heterocycles. The highest BCUT2D eigenvalue weighted by molar-refractivity contribution is 5.33. The maximum absolute atomic E-state index is 12.3. The lowest BCUT2D eigenvalue weighted by Crippen LogP contribution is -2.34. The van der Waals surface area contributed by atoms with Gasteiger partial charge < -0.3 is 5.32 Å². The third-order valence-corrected chi connectivity index (χ3v) is 4.96. The van der Waals surface area contributed by atoms with Gasteiger partial charge in [-0.3, -0.25) is 4.79 Å². The quantitative estimate of drug-likeness (QED) is 0.940. The van der Waals surface area contributed by atoms with Crippen molar-refractivity contribution in [3.05, 3.63) is 46.3 Å². The zero-order valence-corrected chi connectivity index (χ0v) is 13.1. The van der Waals surface area contributed by atoms with Gasteiger partial charge in [0, 0.05) is 18.3 Å². The van der Waals surface area contributed by atoms with Crippen molar-refractivity contribution < 1.29 is 0 Å². The average molecular weight is 311 g/mol. The van der Waals surface area contributed by atoms with Crippen molar-refractivity contribution in [1.29, 1.82) is 0 Å². The second kappa shape index (κ2) is 6.10. The van der Waals surface area contributed by atoms with Crippen LogP contribution in [0.1, 0.15) is 49.4 Å². The average Bonchev–Trinajstić information content (AvgIpc) is 3.03. The summed E-state index contributed by atoms with van der Waals surface area (Å²) < 4.78 is 1.74. The summed E-state index contributed by atoms with van der Waals surface area (Å²) in [6.45, 7) is 0. The first-order valence-corrected chi connectivity index (χ1v) is 8.44. The number of fused-ring (bicyclic) bond motifs is 1. The van der Waals surface area contributed by atoms with Crippen LogP contribution < -0.4 is 10.9 Å². The van der Waals surface area contributed by atoms with Crippen LogP contribution in [0, 0.1) is 0 Å². The van der Waals surface area contributed by atoms with Gasteiger partial charge in [0.25, 0.3) is 5.56 Å². The molecule has 23 heavy (non-hydrogen) atoms. The third-order valence-electron chi connectivity index (χ3n) is 4.96. The van der Waals surface area contributed by atoms with Crippen LogP contribution in [0.3, 0.4) is 0 Å². The molecule has 0 aromatic carbocycles. The first-order valence-electron chi connectivity index (χ1n) is 8.44. The van der Waals surface area contributed by atoms with E-state index in [-0.39, 0.29) is 11.6 Å². The van der Waals surface area contributed by atoms with Crippen LogP contribution >= 0.6 is 0 Å². The maximum atomic E-state index is 12.3. The molecule has 4 rings (SSSR count). The van der Waals surface area contributed by atoms with Crippen LogP contribution in [0.4, 0.5) is 5.82 Å². The second-order valence-corrected chi connectivity index (χ2v) is 6.50. The Morgan fingerprint density at radius 3 is 2.83 bits per heavy atom. The second-order valence-electron chi connectivity index (χ2n) is 6.50. The van der Waals surface area contributed by atoms with Gasteiger partial charge in [0.2, 0.25) is 0 Å². The molecular weight excluding hydrogens is 290 g/mol. The SMILES string of the molecule is O=c1cc2c(nn1C1CCC(Nc3ccncn3)CC1)CCC2. The summed E-state index contributed by atoms with van der Waals surface area (Å²) in [7, 11) is 0. The molecule has 2 aromatic rings. The molecule has 1 N–H and O–H groups in total. The van der Waals surface area contributed by atoms with Gasteiger partial charge in [-0.1, -0.05) is 0 Å². The Morgan fingerprint density at radius 2 is 2.04 bits per heavy atom. The number of hydrogen-bond acceptors (Lipinski definition) is 5. The monoisotopic (exact) mass is 311 g/mol. The Labute approximate surface area is 135 Å². The number of nitrogens with zero attached hydrogens (tertiary/aromatic N) is 4. The lowest BCUT2D eigenvalue weighted by Gasteiger charge is -2.30. The molecule has 2 aliphatic carbocycles. The summed E-state index contributed by atoms with van der Waals surface area (Å²) in [5.41, 5.74) is 2.36. The van der Waals surface area contributed by atoms with Crippen molar-refractivity contribution >= 4 is 5.82 Å². The van der Waals surface area contributed by atoms with Gasteiger partial charge in [0.05, 0.1) is 11.7 Å². The molecule has 1 saturated carbocycles. The van der Waals surface area contributed by atoms with E-state index in [1.807, 2.05) is 6.07 Å². The van der Waals surface area contributed by atoms with Gasteiger partial charge in [0.15, 0.2) is 0 Å². The predicted molar refractivity (Wildman–Crippen MR) is 87.5 cm³/mol. The molecule has 0 amide bonds. The topological polar surface area (TPSA) is 72.7 Å². The summed E-state index contributed by atoms with van der Waals surface area (Å²) in [5.74, 6) is 0.872. The van der Waals surface area contributed by atoms with E-state index < -0.39 is 0 Å². The number of hydrogen-bond donors (Lipinski definition) is 1. The van der Waals surface area contributed by atoms with Crippen molar-refractivity contribution in [3.63, 3.8) is 0 Å². The van der Waals surface area contributed by atoms with Gasteiger partial charge in [-0.25, -0.2) is 14.6 Å². The van der Waals surface area contributed by atoms with E-state index in [4.69, 9.17) is 0 Å². The molecule has 120 valence electrons. The summed E-state index contributed by atoms with van der Waals surface area (Å²) >= 11 is 0. The van der Waals surface area contributed by atoms with E-state index in [0.717, 1.165) is 62.0 Å². The Balaban J connectivity index is 1.43. The fraction of sp³-hybridized carbons (Fsp3) is 0.529. The van der Waals surface area contributed by atoms with E-state index >= 15 is 0 Å². The Morgan fingerprint density at radius 1 is 1.17 bits per heavy atom. The zero-order valence-electron chi connectivity index (χ0n) is 13.1. The summed E-state index contributed by atoms with van der Waals surface area (Å²) in [4.78, 5) is 20.5. The van der Waals surface area contributed by atoms with E-state index in [0.29, 0.717) is 6.04 Å². The van der Waals surface area contributed by atoms with Crippen LogP contribution in [0.25, 0.3) is 0 Å². The highest BCUT2D eigenvalue weighted by atomic mass is 16.1. The minimum absolute atomic E-state index is 0.0675. The first-order chi connectivity index (χ1) is 11.3. The minimum atomic E-state index is 0.0675. The molecule has 6 nitrogen and oxygen atoms in total. The van der Waals surface area contributed by atoms with Crippen molar-refractivity contribution in [3.8, 4) is 0 Å². The first kappa shape index (κ1) is 14.4. The van der Waals surface area contributed by atoms with Crippen LogP contribution in [-0.2, 0) is 12.8 Å². The Kier molecular flexibility index (Phi) is 3.81. The standard InChI is InChI=1S/C17H21N5O/c23-17-10-12-2-1-3-15(12)21-22(17)14-6-4-13(5-7-14)20-16-8-9-18-11-19-16/h8-11,13-14H,1-7H2,(H,18,19,20). The van der Waals surface area contributed by atoms with Gasteiger partial charge in [-0.05, 0) is 56.6 Å². The predicted octanol–water partition coefficient (Wildman–Crippen LogP) is 2.12. The van der Waals surface area contributed by atoms with Crippen LogP contribution in [0.2, 0.25) is 0 Å². The van der Waals surface area contributed by atoms with Crippen molar-refractivity contribution in [2.45, 2.75) is 57.0 Å². The molecule has 6 heteroatoms. The molecule has 0 bridgehead atoms. The van der Waals surface area contributed by atoms with E-state index in [2.05, 4.69) is 20.4 Å². The number of nitrogens with one attached hydrogen (secondary N) is 1. The fourth-order valence-electron chi connectivity index (χ4n) is 3.73. The van der Waals surface area contributed by atoms with Gasteiger partial charge >= 0.3 is 0 Å². The number of rotatable bonds is 3. The van der Waals surface area contributed by atoms with Crippen molar-refractivity contribution in [2.75, 3.05) is 5.32 Å². The smallest absolute Gasteiger partial charge is 0.267 e. The normalized spacial score (nSPS) is 23.5. The number of aryl methyl sites for hydroxylation is 2. The lowest BCUT2D eigenvalue weighted by molar-refractivity contribution is 0.301. The van der Waals surface area contributed by atoms with E-state index in [1.165, 1.54) is 0 Å². The van der Waals surface area contributed by atoms with E-state index in [1.54, 1.807) is 23.3 Å². The van der Waals surface area contributed by atoms with Crippen molar-refractivity contribution in [1.82, 2.24) is 19.7 Å². The highest BCUT2D eigenvalue weighted by Gasteiger charge is 2.25. The Bertz CT molecular complexity index is 734. The fourth-order valence-corrected chi connectivity index (χ4v) is 3.73. The highest BCUT2D eigenvalue weighted by Crippen LogP contribution is 2.29. The largest absolute Gasteiger partial charge is 0.367 e. The summed E-state index contributed by atoms with van der Waals surface area (Å²) in [5, 5.41) is 8.10. The molecule has 0 unspecified atom stereocenters. The molecule has 0 spiro atoms. The molecule has 2 aromatic heterocycles. The molecule has 0 saturated heterocycles. The molecular formula is C17H21N5O. The maximum Gasteiger partial charge on any atom is 0.267 e. The van der Waals surface area contributed by atoms with Gasteiger partial charge in [0.1, 0.15) is 12.1 Å². The third kappa shape index (κ3) is 2.98. The molecule has 2 aliphatic rings. The lowest BCUT2D eigenvalue weighted by atomic mass is 9.91. The molecule has 0 atom stereocenters. The number of aromatic nitrogens is 4. The summed E-state index contributed by atoms with van der Waals surface area (Å²) in [6, 6.07) is 4.34. The minimum Gasteiger partial charge on any atom is -0.367 e. The Hall–Kier alpha value is -2.24. The van der Waals surface area contributed by atoms with Gasteiger partial charge in [-0.2, -0.15) is 5.10 Å². The van der Waals surface area contributed by atoms with Crippen LogP contribution in [0.5, 0.6) is 0 Å². The van der Waals surface area contributed by atoms with Gasteiger partial charge in [-0.15, -0.1) is 0 Å². The van der Waals surface area contributed by atoms with E-state index in [9.17, 15) is 4.79 Å². The van der Waals surface area contributed by atoms with Crippen molar-refractivity contribution in [2.24, 2.45) is 0 Å². The summed E-state index contributed by atoms with van der Waals surface area (Å²) in [6.07, 6.45) is 10.5. The molecule has 0 radical (unpaired) electrons. The molecule has 2 heterocycles. The number of anilines is 1. The zero-order chi connectivity index (χ0) is 15.6. The van der Waals surface area contributed by atoms with Crippen LogP contribution in [0.15, 0.2) is 29.5 Å².